The zero-order valence-electron chi connectivity index (χ0n) is 15.6. The molecule has 1 aromatic heterocycles. The van der Waals surface area contributed by atoms with Gasteiger partial charge in [-0.2, -0.15) is 0 Å². The number of carbonyl (C=O) groups excluding carboxylic acids is 1. The predicted octanol–water partition coefficient (Wildman–Crippen LogP) is 4.39. The van der Waals surface area contributed by atoms with Crippen LogP contribution in [0.5, 0.6) is 5.75 Å². The lowest BCUT2D eigenvalue weighted by atomic mass is 10.1. The molecule has 0 spiro atoms. The molecule has 2 aromatic carbocycles. The van der Waals surface area contributed by atoms with Gasteiger partial charge in [-0.25, -0.2) is 8.78 Å². The maximum atomic E-state index is 14.2. The standard InChI is InChI=1S/C21H17F2N3O4/c22-9-11-29-17-5-2-1-4-14(17)21(27)26-16-12-13(7-8-15(16)23)19(24)30-20(25)18-6-3-10-28-18/h1-8,10,12,24-25H,9,11H2,(H,26,27). The van der Waals surface area contributed by atoms with Crippen LogP contribution in [0, 0.1) is 16.6 Å². The zero-order valence-corrected chi connectivity index (χ0v) is 15.6. The second kappa shape index (κ2) is 9.46. The fourth-order valence-corrected chi connectivity index (χ4v) is 2.50. The Morgan fingerprint density at radius 3 is 2.60 bits per heavy atom. The Hall–Kier alpha value is -4.01. The van der Waals surface area contributed by atoms with Crippen LogP contribution < -0.4 is 10.1 Å². The largest absolute Gasteiger partial charge is 0.490 e. The molecule has 3 rings (SSSR count). The maximum Gasteiger partial charge on any atom is 0.259 e. The lowest BCUT2D eigenvalue weighted by Gasteiger charge is -2.12. The maximum absolute atomic E-state index is 14.2. The van der Waals surface area contributed by atoms with Crippen molar-refractivity contribution in [2.45, 2.75) is 0 Å². The van der Waals surface area contributed by atoms with Crippen molar-refractivity contribution in [2.24, 2.45) is 0 Å². The SMILES string of the molecule is N=C(OC(=N)c1ccco1)c1ccc(F)c(NC(=O)c2ccccc2OCCF)c1. The number of anilines is 1. The topological polar surface area (TPSA) is 108 Å². The quantitative estimate of drug-likeness (QED) is 0.394. The van der Waals surface area contributed by atoms with Crippen LogP contribution in [0.25, 0.3) is 0 Å². The molecular formula is C21H17F2N3O4. The molecule has 1 heterocycles. The zero-order chi connectivity index (χ0) is 21.5. The van der Waals surface area contributed by atoms with Crippen LogP contribution in [0.1, 0.15) is 21.7 Å². The van der Waals surface area contributed by atoms with E-state index in [1.54, 1.807) is 18.2 Å². The molecule has 30 heavy (non-hydrogen) atoms. The molecule has 0 unspecified atom stereocenters. The average molecular weight is 413 g/mol. The molecule has 0 saturated heterocycles. The second-order valence-electron chi connectivity index (χ2n) is 5.92. The average Bonchev–Trinajstić information content (AvgIpc) is 3.29. The molecule has 0 aliphatic rings. The van der Waals surface area contributed by atoms with E-state index < -0.39 is 24.3 Å². The van der Waals surface area contributed by atoms with Crippen LogP contribution >= 0.6 is 0 Å². The Bertz CT molecular complexity index is 1070. The molecule has 0 atom stereocenters. The van der Waals surface area contributed by atoms with Crippen molar-refractivity contribution >= 4 is 23.4 Å². The molecule has 0 saturated carbocycles. The molecule has 0 aliphatic carbocycles. The summed E-state index contributed by atoms with van der Waals surface area (Å²) in [5.74, 6) is -1.94. The Morgan fingerprint density at radius 1 is 1.07 bits per heavy atom. The van der Waals surface area contributed by atoms with E-state index in [0.29, 0.717) is 0 Å². The Kier molecular flexibility index (Phi) is 6.53. The van der Waals surface area contributed by atoms with Gasteiger partial charge in [0.05, 0.1) is 17.5 Å². The third-order valence-corrected chi connectivity index (χ3v) is 3.89. The van der Waals surface area contributed by atoms with Gasteiger partial charge in [-0.15, -0.1) is 0 Å². The number of hydrogen-bond donors (Lipinski definition) is 3. The summed E-state index contributed by atoms with van der Waals surface area (Å²) < 4.78 is 41.9. The first-order chi connectivity index (χ1) is 14.5. The molecule has 0 bridgehead atoms. The highest BCUT2D eigenvalue weighted by Gasteiger charge is 2.17. The van der Waals surface area contributed by atoms with E-state index in [1.807, 2.05) is 0 Å². The van der Waals surface area contributed by atoms with Crippen molar-refractivity contribution in [3.63, 3.8) is 0 Å². The van der Waals surface area contributed by atoms with E-state index in [0.717, 1.165) is 6.07 Å². The van der Waals surface area contributed by atoms with E-state index in [2.05, 4.69) is 5.32 Å². The smallest absolute Gasteiger partial charge is 0.259 e. The van der Waals surface area contributed by atoms with E-state index in [-0.39, 0.29) is 40.8 Å². The highest BCUT2D eigenvalue weighted by molar-refractivity contribution is 6.07. The van der Waals surface area contributed by atoms with Crippen LogP contribution in [0.15, 0.2) is 65.3 Å². The van der Waals surface area contributed by atoms with Crippen molar-refractivity contribution < 1.29 is 27.5 Å². The lowest BCUT2D eigenvalue weighted by Crippen LogP contribution is -2.16. The Morgan fingerprint density at radius 2 is 1.87 bits per heavy atom. The summed E-state index contributed by atoms with van der Waals surface area (Å²) in [5.41, 5.74) is 0.0299. The normalized spacial score (nSPS) is 10.3. The molecule has 0 aliphatic heterocycles. The molecule has 9 heteroatoms. The first-order valence-corrected chi connectivity index (χ1v) is 8.77. The third kappa shape index (κ3) is 4.88. The third-order valence-electron chi connectivity index (χ3n) is 3.89. The molecule has 0 fully saturated rings. The highest BCUT2D eigenvalue weighted by Crippen LogP contribution is 2.22. The Labute approximate surface area is 170 Å². The molecule has 3 N–H and O–H groups in total. The number of carbonyl (C=O) groups is 1. The summed E-state index contributed by atoms with van der Waals surface area (Å²) in [7, 11) is 0. The number of amides is 1. The van der Waals surface area contributed by atoms with Gasteiger partial charge < -0.3 is 19.2 Å². The van der Waals surface area contributed by atoms with Gasteiger partial charge in [0.1, 0.15) is 24.8 Å². The van der Waals surface area contributed by atoms with Crippen molar-refractivity contribution in [1.29, 1.82) is 10.8 Å². The second-order valence-corrected chi connectivity index (χ2v) is 5.92. The summed E-state index contributed by atoms with van der Waals surface area (Å²) in [6.07, 6.45) is 1.36. The van der Waals surface area contributed by atoms with Gasteiger partial charge in [0, 0.05) is 5.56 Å². The van der Waals surface area contributed by atoms with Gasteiger partial charge in [-0.3, -0.25) is 15.6 Å². The minimum atomic E-state index is -0.733. The number of hydrogen-bond acceptors (Lipinski definition) is 6. The van der Waals surface area contributed by atoms with Gasteiger partial charge in [0.15, 0.2) is 5.76 Å². The fraction of sp³-hybridized carbons (Fsp3) is 0.0952. The summed E-state index contributed by atoms with van der Waals surface area (Å²) in [6, 6.07) is 12.8. The monoisotopic (exact) mass is 413 g/mol. The van der Waals surface area contributed by atoms with Crippen LogP contribution in [0.4, 0.5) is 14.5 Å². The molecule has 154 valence electrons. The predicted molar refractivity (Wildman–Crippen MR) is 106 cm³/mol. The van der Waals surface area contributed by atoms with Gasteiger partial charge in [0.2, 0.25) is 5.90 Å². The highest BCUT2D eigenvalue weighted by atomic mass is 19.1. The van der Waals surface area contributed by atoms with E-state index in [9.17, 15) is 13.6 Å². The number of para-hydroxylation sites is 1. The molecule has 3 aromatic rings. The van der Waals surface area contributed by atoms with Crippen molar-refractivity contribution in [3.05, 3.63) is 83.6 Å². The fourth-order valence-electron chi connectivity index (χ4n) is 2.50. The minimum Gasteiger partial charge on any atom is -0.490 e. The number of nitrogens with one attached hydrogen (secondary N) is 3. The number of benzene rings is 2. The van der Waals surface area contributed by atoms with Crippen LogP contribution in [0.2, 0.25) is 0 Å². The van der Waals surface area contributed by atoms with E-state index >= 15 is 0 Å². The number of halogens is 2. The van der Waals surface area contributed by atoms with Crippen molar-refractivity contribution in [3.8, 4) is 5.75 Å². The van der Waals surface area contributed by atoms with Gasteiger partial charge in [0.25, 0.3) is 11.8 Å². The Balaban J connectivity index is 1.76. The van der Waals surface area contributed by atoms with Crippen LogP contribution in [0.3, 0.4) is 0 Å². The molecule has 0 radical (unpaired) electrons. The summed E-state index contributed by atoms with van der Waals surface area (Å²) in [6.45, 7) is -0.938. The first-order valence-electron chi connectivity index (χ1n) is 8.77. The van der Waals surface area contributed by atoms with Gasteiger partial charge >= 0.3 is 0 Å². The first kappa shape index (κ1) is 20.7. The van der Waals surface area contributed by atoms with Gasteiger partial charge in [-0.05, 0) is 42.5 Å². The molecular weight excluding hydrogens is 396 g/mol. The number of furan rings is 1. The summed E-state index contributed by atoms with van der Waals surface area (Å²) in [4.78, 5) is 12.6. The van der Waals surface area contributed by atoms with Crippen molar-refractivity contribution in [1.82, 2.24) is 0 Å². The van der Waals surface area contributed by atoms with Crippen LogP contribution in [-0.2, 0) is 4.74 Å². The number of alkyl halides is 1. The molecule has 7 nitrogen and oxygen atoms in total. The van der Waals surface area contributed by atoms with E-state index in [4.69, 9.17) is 24.7 Å². The minimum absolute atomic E-state index is 0.0988. The number of ether oxygens (including phenoxy) is 2. The lowest BCUT2D eigenvalue weighted by molar-refractivity contribution is 0.102. The van der Waals surface area contributed by atoms with Crippen molar-refractivity contribution in [2.75, 3.05) is 18.6 Å². The summed E-state index contributed by atoms with van der Waals surface area (Å²) in [5, 5.41) is 18.2. The summed E-state index contributed by atoms with van der Waals surface area (Å²) >= 11 is 0. The number of rotatable bonds is 7. The van der Waals surface area contributed by atoms with Crippen LogP contribution in [-0.4, -0.2) is 31.0 Å². The van der Waals surface area contributed by atoms with Gasteiger partial charge in [-0.1, -0.05) is 12.1 Å². The van der Waals surface area contributed by atoms with E-state index in [1.165, 1.54) is 36.6 Å². The molecule has 1 amide bonds.